The molecular weight excluding hydrogens is 318 g/mol. The van der Waals surface area contributed by atoms with Crippen molar-refractivity contribution in [2.24, 2.45) is 5.41 Å². The maximum absolute atomic E-state index is 12.1. The van der Waals surface area contributed by atoms with E-state index in [-0.39, 0.29) is 28.6 Å². The molecular formula is C13H18ClNO5S. The number of nitrogens with one attached hydrogen (secondary N) is 1. The van der Waals surface area contributed by atoms with Crippen molar-refractivity contribution in [3.63, 3.8) is 0 Å². The number of sulfonamides is 1. The van der Waals surface area contributed by atoms with Gasteiger partial charge < -0.3 is 10.2 Å². The Bertz CT molecular complexity index is 627. The number of aliphatic hydroxyl groups is 1. The first-order chi connectivity index (χ1) is 9.59. The zero-order valence-electron chi connectivity index (χ0n) is 11.8. The Hall–Kier alpha value is -1.15. The quantitative estimate of drug-likeness (QED) is 0.704. The largest absolute Gasteiger partial charge is 0.478 e. The molecule has 21 heavy (non-hydrogen) atoms. The molecule has 1 rings (SSSR count). The van der Waals surface area contributed by atoms with Crippen LogP contribution in [0.3, 0.4) is 0 Å². The molecule has 0 fully saturated rings. The van der Waals surface area contributed by atoms with Crippen LogP contribution in [0.4, 0.5) is 0 Å². The fourth-order valence-electron chi connectivity index (χ4n) is 1.60. The molecule has 0 bridgehead atoms. The van der Waals surface area contributed by atoms with Gasteiger partial charge in [0.2, 0.25) is 10.0 Å². The van der Waals surface area contributed by atoms with E-state index in [4.69, 9.17) is 21.8 Å². The molecule has 0 saturated carbocycles. The van der Waals surface area contributed by atoms with Crippen LogP contribution in [0.1, 0.15) is 30.6 Å². The number of aromatic carboxylic acids is 1. The molecule has 0 aliphatic heterocycles. The number of halogens is 1. The number of hydrogen-bond donors (Lipinski definition) is 3. The molecule has 0 aromatic heterocycles. The Labute approximate surface area is 128 Å². The second-order valence-electron chi connectivity index (χ2n) is 5.41. The van der Waals surface area contributed by atoms with Crippen molar-refractivity contribution >= 4 is 27.6 Å². The van der Waals surface area contributed by atoms with Gasteiger partial charge in [0.15, 0.2) is 0 Å². The van der Waals surface area contributed by atoms with Crippen molar-refractivity contribution in [2.75, 3.05) is 13.2 Å². The topological polar surface area (TPSA) is 104 Å². The van der Waals surface area contributed by atoms with E-state index in [1.807, 2.05) is 13.8 Å². The summed E-state index contributed by atoms with van der Waals surface area (Å²) in [5, 5.41) is 17.6. The Morgan fingerprint density at radius 2 is 2.00 bits per heavy atom. The van der Waals surface area contributed by atoms with Crippen molar-refractivity contribution in [3.8, 4) is 0 Å². The van der Waals surface area contributed by atoms with Crippen LogP contribution < -0.4 is 4.72 Å². The fraction of sp³-hybridized carbons (Fsp3) is 0.462. The fourth-order valence-corrected chi connectivity index (χ4v) is 3.19. The first kappa shape index (κ1) is 17.9. The van der Waals surface area contributed by atoms with E-state index in [1.54, 1.807) is 0 Å². The summed E-state index contributed by atoms with van der Waals surface area (Å²) in [6.45, 7) is 3.76. The van der Waals surface area contributed by atoms with Gasteiger partial charge in [-0.2, -0.15) is 0 Å². The summed E-state index contributed by atoms with van der Waals surface area (Å²) in [6, 6.07) is 3.45. The van der Waals surface area contributed by atoms with Gasteiger partial charge in [0, 0.05) is 13.2 Å². The lowest BCUT2D eigenvalue weighted by molar-refractivity contribution is 0.0697. The van der Waals surface area contributed by atoms with E-state index in [9.17, 15) is 13.2 Å². The molecule has 0 aliphatic rings. The van der Waals surface area contributed by atoms with Gasteiger partial charge >= 0.3 is 5.97 Å². The van der Waals surface area contributed by atoms with E-state index in [0.717, 1.165) is 12.1 Å². The van der Waals surface area contributed by atoms with E-state index in [0.29, 0.717) is 6.42 Å². The maximum atomic E-state index is 12.1. The van der Waals surface area contributed by atoms with Gasteiger partial charge in [-0.15, -0.1) is 0 Å². The molecule has 8 heteroatoms. The highest BCUT2D eigenvalue weighted by Gasteiger charge is 2.23. The van der Waals surface area contributed by atoms with Gasteiger partial charge in [-0.1, -0.05) is 25.4 Å². The molecule has 0 aliphatic carbocycles. The van der Waals surface area contributed by atoms with Crippen molar-refractivity contribution in [1.82, 2.24) is 4.72 Å². The molecule has 0 radical (unpaired) electrons. The van der Waals surface area contributed by atoms with E-state index >= 15 is 0 Å². The summed E-state index contributed by atoms with van der Waals surface area (Å²) in [5.74, 6) is -1.22. The molecule has 3 N–H and O–H groups in total. The third-order valence-electron chi connectivity index (χ3n) is 3.01. The van der Waals surface area contributed by atoms with E-state index in [1.165, 1.54) is 6.07 Å². The van der Waals surface area contributed by atoms with Crippen molar-refractivity contribution in [1.29, 1.82) is 0 Å². The number of hydrogen-bond acceptors (Lipinski definition) is 4. The normalized spacial score (nSPS) is 12.4. The van der Waals surface area contributed by atoms with Gasteiger partial charge in [0.05, 0.1) is 15.5 Å². The molecule has 1 aromatic rings. The van der Waals surface area contributed by atoms with Crippen LogP contribution in [-0.2, 0) is 10.0 Å². The molecule has 0 unspecified atom stereocenters. The molecule has 0 amide bonds. The summed E-state index contributed by atoms with van der Waals surface area (Å²) in [5.41, 5.74) is -0.552. The molecule has 6 nitrogen and oxygen atoms in total. The summed E-state index contributed by atoms with van der Waals surface area (Å²) in [4.78, 5) is 10.7. The highest BCUT2D eigenvalue weighted by molar-refractivity contribution is 7.89. The third-order valence-corrected chi connectivity index (χ3v) is 4.72. The van der Waals surface area contributed by atoms with Gasteiger partial charge in [0.1, 0.15) is 0 Å². The van der Waals surface area contributed by atoms with Crippen LogP contribution in [0, 0.1) is 5.41 Å². The zero-order chi connectivity index (χ0) is 16.3. The summed E-state index contributed by atoms with van der Waals surface area (Å²) in [6.07, 6.45) is 0.453. The van der Waals surface area contributed by atoms with Gasteiger partial charge in [-0.05, 0) is 30.0 Å². The van der Waals surface area contributed by atoms with E-state index < -0.39 is 21.4 Å². The lowest BCUT2D eigenvalue weighted by Crippen LogP contribution is -2.34. The monoisotopic (exact) mass is 335 g/mol. The standard InChI is InChI=1S/C13H18ClNO5S/c1-13(2,5-6-16)8-15-21(19,20)9-3-4-10(12(17)18)11(14)7-9/h3-4,7,15-16H,5-6,8H2,1-2H3,(H,17,18). The van der Waals surface area contributed by atoms with Gasteiger partial charge in [0.25, 0.3) is 0 Å². The highest BCUT2D eigenvalue weighted by Crippen LogP contribution is 2.23. The lowest BCUT2D eigenvalue weighted by Gasteiger charge is -2.23. The Morgan fingerprint density at radius 3 is 2.48 bits per heavy atom. The first-order valence-electron chi connectivity index (χ1n) is 6.22. The minimum atomic E-state index is -3.79. The second kappa shape index (κ2) is 6.74. The van der Waals surface area contributed by atoms with Crippen LogP contribution in [0.25, 0.3) is 0 Å². The number of carbonyl (C=O) groups is 1. The summed E-state index contributed by atoms with van der Waals surface area (Å²) >= 11 is 5.76. The van der Waals surface area contributed by atoms with E-state index in [2.05, 4.69) is 4.72 Å². The molecule has 0 atom stereocenters. The Balaban J connectivity index is 2.94. The predicted octanol–water partition coefficient (Wildman–Crippen LogP) is 1.73. The number of aliphatic hydroxyl groups excluding tert-OH is 1. The Morgan fingerprint density at radius 1 is 1.38 bits per heavy atom. The minimum absolute atomic E-state index is 0.0339. The number of carboxylic acids is 1. The van der Waals surface area contributed by atoms with Crippen LogP contribution in [-0.4, -0.2) is 37.8 Å². The molecule has 0 spiro atoms. The smallest absolute Gasteiger partial charge is 0.337 e. The second-order valence-corrected chi connectivity index (χ2v) is 7.58. The number of rotatable bonds is 7. The van der Waals surface area contributed by atoms with Crippen molar-refractivity contribution < 1.29 is 23.4 Å². The maximum Gasteiger partial charge on any atom is 0.337 e. The van der Waals surface area contributed by atoms with Crippen LogP contribution in [0.15, 0.2) is 23.1 Å². The number of carboxylic acid groups (broad SMARTS) is 1. The van der Waals surface area contributed by atoms with Crippen LogP contribution in [0.2, 0.25) is 5.02 Å². The molecule has 0 heterocycles. The Kier molecular flexibility index (Phi) is 5.75. The zero-order valence-corrected chi connectivity index (χ0v) is 13.3. The lowest BCUT2D eigenvalue weighted by atomic mass is 9.90. The van der Waals surface area contributed by atoms with Gasteiger partial charge in [-0.3, -0.25) is 0 Å². The first-order valence-corrected chi connectivity index (χ1v) is 8.08. The molecule has 1 aromatic carbocycles. The highest BCUT2D eigenvalue weighted by atomic mass is 35.5. The summed E-state index contributed by atoms with van der Waals surface area (Å²) < 4.78 is 26.7. The average Bonchev–Trinajstić information content (AvgIpc) is 2.36. The van der Waals surface area contributed by atoms with Crippen molar-refractivity contribution in [3.05, 3.63) is 28.8 Å². The van der Waals surface area contributed by atoms with Gasteiger partial charge in [-0.25, -0.2) is 17.9 Å². The molecule has 118 valence electrons. The minimum Gasteiger partial charge on any atom is -0.478 e. The van der Waals surface area contributed by atoms with Crippen molar-refractivity contribution in [2.45, 2.75) is 25.2 Å². The SMILES string of the molecule is CC(C)(CCO)CNS(=O)(=O)c1ccc(C(=O)O)c(Cl)c1. The number of benzene rings is 1. The third kappa shape index (κ3) is 4.96. The molecule has 0 saturated heterocycles. The average molecular weight is 336 g/mol. The van der Waals surface area contributed by atoms with Crippen LogP contribution in [0.5, 0.6) is 0 Å². The predicted molar refractivity (Wildman–Crippen MR) is 79.1 cm³/mol. The summed E-state index contributed by atoms with van der Waals surface area (Å²) in [7, 11) is -3.79. The van der Waals surface area contributed by atoms with Crippen LogP contribution >= 0.6 is 11.6 Å².